The number of anilines is 1. The molecular formula is C46H61Cl2N2PRu. The van der Waals surface area contributed by atoms with Gasteiger partial charge < -0.3 is 9.89 Å². The number of hydrogen-bond acceptors (Lipinski definition) is 2. The molecule has 0 N–H and O–H groups in total. The molecule has 0 radical (unpaired) electrons. The summed E-state index contributed by atoms with van der Waals surface area (Å²) in [5.74, 6) is 6.71. The van der Waals surface area contributed by atoms with Gasteiger partial charge in [0.2, 0.25) is 0 Å². The molecule has 2 nitrogen and oxygen atoms in total. The SMILES string of the molecule is C1CCC([PH+](C2CCCCC2)C2CCCCC2)CC1.Cc1cc(C)c(C2CN(c3c(C)cc(C)cc3C#Cc3ccccc3)[C-]=N2)c(C)c1.[Cl][Ru][Cl]. The zero-order chi connectivity index (χ0) is 36.9. The quantitative estimate of drug-likeness (QED) is 0.108. The van der Waals surface area contributed by atoms with E-state index < -0.39 is 0 Å². The van der Waals surface area contributed by atoms with Crippen LogP contribution in [0.5, 0.6) is 0 Å². The van der Waals surface area contributed by atoms with E-state index in [1.54, 1.807) is 96.3 Å². The van der Waals surface area contributed by atoms with Crippen molar-refractivity contribution in [1.29, 1.82) is 0 Å². The molecule has 3 aromatic rings. The maximum atomic E-state index is 4.85. The van der Waals surface area contributed by atoms with Gasteiger partial charge in [-0.3, -0.25) is 0 Å². The van der Waals surface area contributed by atoms with Crippen molar-refractivity contribution in [2.45, 2.75) is 154 Å². The van der Waals surface area contributed by atoms with Crippen LogP contribution < -0.4 is 4.90 Å². The van der Waals surface area contributed by atoms with Crippen LogP contribution in [0.3, 0.4) is 0 Å². The standard InChI is InChI=1S/C28H27N2.C18H33P.2ClH.Ru/c1-19-13-21(3)27(22(4)14-19)26-17-30(18-29-26)28-23(5)15-20(2)16-25(28)12-11-24-9-7-6-8-10-24;1-4-10-16(11-5-1)19(17-12-6-2-7-13-17)18-14-8-3-9-15-18;;;/h6-10,13-16,26H,17H2,1-5H3;16-18H,1-15H2;2*1H;/q-1;;;;+2/p-1. The molecule has 0 aromatic heterocycles. The first-order valence-corrected chi connectivity index (χ1v) is 26.2. The predicted molar refractivity (Wildman–Crippen MR) is 227 cm³/mol. The first-order valence-electron chi connectivity index (χ1n) is 20.0. The third-order valence-corrected chi connectivity index (χ3v) is 16.4. The van der Waals surface area contributed by atoms with Gasteiger partial charge in [0, 0.05) is 20.0 Å². The van der Waals surface area contributed by atoms with Gasteiger partial charge in [-0.15, -0.1) is 5.56 Å². The Labute approximate surface area is 333 Å². The van der Waals surface area contributed by atoms with E-state index in [4.69, 9.17) is 24.4 Å². The summed E-state index contributed by atoms with van der Waals surface area (Å²) < 4.78 is 0. The molecule has 0 spiro atoms. The van der Waals surface area contributed by atoms with Crippen molar-refractivity contribution in [3.8, 4) is 11.8 Å². The Morgan fingerprint density at radius 1 is 0.654 bits per heavy atom. The molecule has 52 heavy (non-hydrogen) atoms. The van der Waals surface area contributed by atoms with Gasteiger partial charge in [0.1, 0.15) is 0 Å². The summed E-state index contributed by atoms with van der Waals surface area (Å²) in [6.45, 7) is 11.6. The average molecular weight is 845 g/mol. The van der Waals surface area contributed by atoms with E-state index in [1.807, 2.05) is 30.3 Å². The summed E-state index contributed by atoms with van der Waals surface area (Å²) >= 11 is -0.346. The van der Waals surface area contributed by atoms with Gasteiger partial charge in [-0.25, -0.2) is 0 Å². The van der Waals surface area contributed by atoms with Crippen LogP contribution in [0.4, 0.5) is 5.69 Å². The molecular weight excluding hydrogens is 783 g/mol. The van der Waals surface area contributed by atoms with Gasteiger partial charge in [-0.2, -0.15) is 0 Å². The number of benzene rings is 3. The molecule has 6 heteroatoms. The fourth-order valence-corrected chi connectivity index (χ4v) is 15.0. The fraction of sp³-hybridized carbons (Fsp3) is 0.543. The molecule has 0 amide bonds. The zero-order valence-electron chi connectivity index (χ0n) is 32.3. The van der Waals surface area contributed by atoms with Crippen molar-refractivity contribution in [3.63, 3.8) is 0 Å². The molecule has 3 aromatic carbocycles. The number of aryl methyl sites for hydroxylation is 5. The number of halogens is 2. The summed E-state index contributed by atoms with van der Waals surface area (Å²) in [7, 11) is 9.66. The van der Waals surface area contributed by atoms with Crippen molar-refractivity contribution in [1.82, 2.24) is 0 Å². The number of rotatable bonds is 5. The van der Waals surface area contributed by atoms with Crippen LogP contribution in [0.15, 0.2) is 59.6 Å². The van der Waals surface area contributed by atoms with Crippen molar-refractivity contribution in [2.24, 2.45) is 4.99 Å². The first-order chi connectivity index (χ1) is 25.3. The second-order valence-corrected chi connectivity index (χ2v) is 21.9. The Morgan fingerprint density at radius 3 is 1.62 bits per heavy atom. The second-order valence-electron chi connectivity index (χ2n) is 15.8. The Hall–Kier alpha value is -1.68. The molecule has 1 aliphatic heterocycles. The maximum absolute atomic E-state index is 4.85. The molecule has 1 unspecified atom stereocenters. The van der Waals surface area contributed by atoms with E-state index in [1.165, 1.54) is 50.4 Å². The van der Waals surface area contributed by atoms with Gasteiger partial charge in [-0.1, -0.05) is 104 Å². The summed E-state index contributed by atoms with van der Waals surface area (Å²) in [6.07, 6.45) is 27.1. The molecule has 3 aliphatic carbocycles. The average Bonchev–Trinajstić information content (AvgIpc) is 3.61. The monoisotopic (exact) mass is 844 g/mol. The normalized spacial score (nSPS) is 19.8. The van der Waals surface area contributed by atoms with E-state index in [2.05, 4.69) is 82.0 Å². The van der Waals surface area contributed by atoms with E-state index in [9.17, 15) is 0 Å². The van der Waals surface area contributed by atoms with E-state index in [0.29, 0.717) is 0 Å². The van der Waals surface area contributed by atoms with Crippen molar-refractivity contribution in [3.05, 3.63) is 99.1 Å². The topological polar surface area (TPSA) is 15.6 Å². The van der Waals surface area contributed by atoms with Crippen LogP contribution >= 0.6 is 27.3 Å². The summed E-state index contributed by atoms with van der Waals surface area (Å²) in [5, 5.41) is 0. The van der Waals surface area contributed by atoms with Crippen molar-refractivity contribution in [2.75, 3.05) is 11.4 Å². The molecule has 0 bridgehead atoms. The third-order valence-electron chi connectivity index (χ3n) is 11.8. The van der Waals surface area contributed by atoms with Crippen LogP contribution in [0.25, 0.3) is 0 Å². The Morgan fingerprint density at radius 2 is 1.12 bits per heavy atom. The van der Waals surface area contributed by atoms with Crippen LogP contribution in [-0.4, -0.2) is 29.9 Å². The van der Waals surface area contributed by atoms with E-state index >= 15 is 0 Å². The Bertz CT molecular complexity index is 1580. The van der Waals surface area contributed by atoms with Crippen LogP contribution in [0.1, 0.15) is 147 Å². The molecule has 0 saturated heterocycles. The third kappa shape index (κ3) is 11.7. The number of aliphatic imine (C=N–C) groups is 1. The van der Waals surface area contributed by atoms with Gasteiger partial charge in [0.15, 0.2) is 0 Å². The summed E-state index contributed by atoms with van der Waals surface area (Å²) in [5.41, 5.74) is 14.5. The van der Waals surface area contributed by atoms with Gasteiger partial charge in [0.25, 0.3) is 0 Å². The van der Waals surface area contributed by atoms with Gasteiger partial charge in [-0.05, 0) is 139 Å². The van der Waals surface area contributed by atoms with Crippen molar-refractivity contribution < 1.29 is 15.1 Å². The summed E-state index contributed by atoms with van der Waals surface area (Å²) in [4.78, 5) is 6.91. The molecule has 4 aliphatic rings. The van der Waals surface area contributed by atoms with Crippen LogP contribution in [0, 0.1) is 46.5 Å². The van der Waals surface area contributed by atoms with E-state index in [-0.39, 0.29) is 29.1 Å². The van der Waals surface area contributed by atoms with Crippen LogP contribution in [0.2, 0.25) is 0 Å². The van der Waals surface area contributed by atoms with Crippen molar-refractivity contribution >= 4 is 39.3 Å². The molecule has 7 rings (SSSR count). The van der Waals surface area contributed by atoms with Crippen LogP contribution in [-0.2, 0) is 15.1 Å². The predicted octanol–water partition coefficient (Wildman–Crippen LogP) is 13.7. The second kappa shape index (κ2) is 21.4. The van der Waals surface area contributed by atoms with Gasteiger partial charge >= 0.3 is 34.5 Å². The molecule has 282 valence electrons. The Kier molecular flexibility index (Phi) is 17.1. The number of hydrogen-bond donors (Lipinski definition) is 0. The first kappa shape index (κ1) is 41.5. The summed E-state index contributed by atoms with van der Waals surface area (Å²) in [6, 6.07) is 19.1. The fourth-order valence-electron chi connectivity index (χ4n) is 9.79. The molecule has 3 fully saturated rings. The minimum atomic E-state index is -0.346. The van der Waals surface area contributed by atoms with Gasteiger partial charge in [0.05, 0.1) is 23.0 Å². The number of nitrogens with zero attached hydrogens (tertiary/aromatic N) is 2. The molecule has 3 saturated carbocycles. The zero-order valence-corrected chi connectivity index (χ0v) is 36.6. The molecule has 1 heterocycles. The minimum absolute atomic E-state index is 0.0465. The van der Waals surface area contributed by atoms with E-state index in [0.717, 1.165) is 23.4 Å². The molecule has 1 atom stereocenters. The Balaban J connectivity index is 0.000000203.